The molecule has 0 saturated carbocycles. The smallest absolute Gasteiger partial charge is 0.241 e. The summed E-state index contributed by atoms with van der Waals surface area (Å²) < 4.78 is 0. The molecule has 22 heavy (non-hydrogen) atoms. The summed E-state index contributed by atoms with van der Waals surface area (Å²) in [5.41, 5.74) is 0.844. The first-order valence-corrected chi connectivity index (χ1v) is 8.60. The second kappa shape index (κ2) is 7.63. The first-order valence-electron chi connectivity index (χ1n) is 7.72. The molecule has 1 aromatic rings. The fourth-order valence-corrected chi connectivity index (χ4v) is 3.51. The van der Waals surface area contributed by atoms with Crippen LogP contribution in [-0.4, -0.2) is 35.1 Å². The van der Waals surface area contributed by atoms with Crippen LogP contribution in [0, 0.1) is 5.92 Å². The van der Waals surface area contributed by atoms with Gasteiger partial charge in [0.1, 0.15) is 5.03 Å². The minimum Gasteiger partial charge on any atom is -0.356 e. The van der Waals surface area contributed by atoms with Gasteiger partial charge in [-0.05, 0) is 31.4 Å². The molecule has 2 amide bonds. The normalized spacial score (nSPS) is 17.5. The van der Waals surface area contributed by atoms with Crippen molar-refractivity contribution in [2.45, 2.75) is 43.9 Å². The Hall–Kier alpha value is -1.56. The van der Waals surface area contributed by atoms with Gasteiger partial charge in [-0.1, -0.05) is 25.6 Å². The minimum atomic E-state index is -0.388. The molecule has 1 aromatic heterocycles. The predicted octanol–water partition coefficient (Wildman–Crippen LogP) is 2.46. The van der Waals surface area contributed by atoms with Crippen LogP contribution < -0.4 is 10.2 Å². The molecule has 1 atom stereocenters. The molecule has 0 unspecified atom stereocenters. The molecule has 0 fully saturated rings. The van der Waals surface area contributed by atoms with Crippen LogP contribution >= 0.6 is 11.8 Å². The second-order valence-electron chi connectivity index (χ2n) is 5.75. The van der Waals surface area contributed by atoms with Crippen LogP contribution in [0.1, 0.15) is 33.6 Å². The van der Waals surface area contributed by atoms with Crippen molar-refractivity contribution < 1.29 is 9.59 Å². The predicted molar refractivity (Wildman–Crippen MR) is 89.0 cm³/mol. The number of nitrogens with one attached hydrogen (secondary N) is 1. The molecule has 1 aliphatic heterocycles. The summed E-state index contributed by atoms with van der Waals surface area (Å²) in [6.07, 6.45) is 2.87. The molecule has 1 aliphatic rings. The molecule has 1 N–H and O–H groups in total. The number of hydrogen-bond acceptors (Lipinski definition) is 4. The maximum absolute atomic E-state index is 12.5. The molecule has 2 heterocycles. The van der Waals surface area contributed by atoms with Crippen molar-refractivity contribution in [3.63, 3.8) is 0 Å². The van der Waals surface area contributed by atoms with Crippen molar-refractivity contribution in [2.24, 2.45) is 5.92 Å². The minimum absolute atomic E-state index is 0.00740. The van der Waals surface area contributed by atoms with Crippen LogP contribution in [0.3, 0.4) is 0 Å². The SMILES string of the molecule is CCN1C(=O)[C@@H](CC(=O)NCCC(C)C)Sc2ncccc21. The van der Waals surface area contributed by atoms with E-state index in [9.17, 15) is 9.59 Å². The molecule has 6 heteroatoms. The summed E-state index contributed by atoms with van der Waals surface area (Å²) in [6.45, 7) is 7.42. The lowest BCUT2D eigenvalue weighted by Crippen LogP contribution is -2.43. The summed E-state index contributed by atoms with van der Waals surface area (Å²) in [5.74, 6) is 0.478. The van der Waals surface area contributed by atoms with Gasteiger partial charge < -0.3 is 10.2 Å². The van der Waals surface area contributed by atoms with Gasteiger partial charge in [0.25, 0.3) is 0 Å². The third-order valence-electron chi connectivity index (χ3n) is 3.57. The number of anilines is 1. The molecule has 5 nitrogen and oxygen atoms in total. The third-order valence-corrected chi connectivity index (χ3v) is 4.76. The molecule has 0 bridgehead atoms. The van der Waals surface area contributed by atoms with E-state index in [-0.39, 0.29) is 23.5 Å². The Morgan fingerprint density at radius 2 is 2.27 bits per heavy atom. The molecule has 0 radical (unpaired) electrons. The van der Waals surface area contributed by atoms with Crippen molar-refractivity contribution in [1.29, 1.82) is 0 Å². The van der Waals surface area contributed by atoms with Crippen LogP contribution in [0.4, 0.5) is 5.69 Å². The number of thioether (sulfide) groups is 1. The van der Waals surface area contributed by atoms with E-state index in [0.717, 1.165) is 17.1 Å². The van der Waals surface area contributed by atoms with Gasteiger partial charge >= 0.3 is 0 Å². The summed E-state index contributed by atoms with van der Waals surface area (Å²) in [6, 6.07) is 3.73. The van der Waals surface area contributed by atoms with Crippen molar-refractivity contribution in [3.8, 4) is 0 Å². The molecular weight excluding hydrogens is 298 g/mol. The van der Waals surface area contributed by atoms with E-state index in [1.165, 1.54) is 11.8 Å². The number of carbonyl (C=O) groups is 2. The summed E-state index contributed by atoms with van der Waals surface area (Å²) >= 11 is 1.39. The molecule has 120 valence electrons. The highest BCUT2D eigenvalue weighted by Gasteiger charge is 2.34. The van der Waals surface area contributed by atoms with Gasteiger partial charge in [0.2, 0.25) is 11.8 Å². The number of pyridine rings is 1. The Morgan fingerprint density at radius 1 is 1.50 bits per heavy atom. The number of hydrogen-bond donors (Lipinski definition) is 1. The monoisotopic (exact) mass is 321 g/mol. The lowest BCUT2D eigenvalue weighted by atomic mass is 10.1. The highest BCUT2D eigenvalue weighted by atomic mass is 32.2. The van der Waals surface area contributed by atoms with Gasteiger partial charge in [-0.3, -0.25) is 9.59 Å². The zero-order valence-electron chi connectivity index (χ0n) is 13.3. The van der Waals surface area contributed by atoms with Crippen molar-refractivity contribution >= 4 is 29.3 Å². The Bertz CT molecular complexity index is 548. The van der Waals surface area contributed by atoms with Crippen LogP contribution in [0.15, 0.2) is 23.4 Å². The lowest BCUT2D eigenvalue weighted by Gasteiger charge is -2.31. The van der Waals surface area contributed by atoms with Gasteiger partial charge in [-0.15, -0.1) is 0 Å². The van der Waals surface area contributed by atoms with Crippen LogP contribution in [0.25, 0.3) is 0 Å². The van der Waals surface area contributed by atoms with Gasteiger partial charge in [-0.25, -0.2) is 4.98 Å². The largest absolute Gasteiger partial charge is 0.356 e. The highest BCUT2D eigenvalue weighted by molar-refractivity contribution is 8.00. The van der Waals surface area contributed by atoms with E-state index in [1.807, 2.05) is 19.1 Å². The summed E-state index contributed by atoms with van der Waals surface area (Å²) in [5, 5.41) is 3.33. The van der Waals surface area contributed by atoms with Gasteiger partial charge in [0.05, 0.1) is 10.9 Å². The Kier molecular flexibility index (Phi) is 5.83. The maximum atomic E-state index is 12.5. The number of fused-ring (bicyclic) bond motifs is 1. The Labute approximate surface area is 135 Å². The fraction of sp³-hybridized carbons (Fsp3) is 0.562. The van der Waals surface area contributed by atoms with E-state index in [0.29, 0.717) is 19.0 Å². The van der Waals surface area contributed by atoms with Crippen molar-refractivity contribution in [3.05, 3.63) is 18.3 Å². The number of amides is 2. The molecule has 0 saturated heterocycles. The van der Waals surface area contributed by atoms with E-state index < -0.39 is 0 Å². The zero-order chi connectivity index (χ0) is 16.1. The first-order chi connectivity index (χ1) is 10.5. The average Bonchev–Trinajstić information content (AvgIpc) is 2.48. The fourth-order valence-electron chi connectivity index (χ4n) is 2.35. The molecular formula is C16H23N3O2S. The molecule has 0 aromatic carbocycles. The zero-order valence-corrected chi connectivity index (χ0v) is 14.2. The van der Waals surface area contributed by atoms with Crippen molar-refractivity contribution in [1.82, 2.24) is 10.3 Å². The highest BCUT2D eigenvalue weighted by Crippen LogP contribution is 2.38. The number of carbonyl (C=O) groups excluding carboxylic acids is 2. The summed E-state index contributed by atoms with van der Waals surface area (Å²) in [7, 11) is 0. The van der Waals surface area contributed by atoms with E-state index in [2.05, 4.69) is 24.1 Å². The number of aromatic nitrogens is 1. The number of rotatable bonds is 6. The summed E-state index contributed by atoms with van der Waals surface area (Å²) in [4.78, 5) is 30.6. The standard InChI is InChI=1S/C16H23N3O2S/c1-4-19-12-6-5-8-18-15(12)22-13(16(19)21)10-14(20)17-9-7-11(2)3/h5-6,8,11,13H,4,7,9-10H2,1-3H3,(H,17,20)/t13-/m1/s1. The van der Waals surface area contributed by atoms with Crippen LogP contribution in [-0.2, 0) is 9.59 Å². The number of nitrogens with zero attached hydrogens (tertiary/aromatic N) is 2. The second-order valence-corrected chi connectivity index (χ2v) is 6.94. The third kappa shape index (κ3) is 4.00. The van der Waals surface area contributed by atoms with Gasteiger partial charge in [-0.2, -0.15) is 0 Å². The van der Waals surface area contributed by atoms with E-state index in [4.69, 9.17) is 0 Å². The average molecular weight is 321 g/mol. The van der Waals surface area contributed by atoms with Crippen LogP contribution in [0.5, 0.6) is 0 Å². The lowest BCUT2D eigenvalue weighted by molar-refractivity contribution is -0.124. The van der Waals surface area contributed by atoms with Crippen LogP contribution in [0.2, 0.25) is 0 Å². The quantitative estimate of drug-likeness (QED) is 0.874. The molecule has 0 aliphatic carbocycles. The Balaban J connectivity index is 2.00. The topological polar surface area (TPSA) is 62.3 Å². The molecule has 0 spiro atoms. The van der Waals surface area contributed by atoms with Gasteiger partial charge in [0.15, 0.2) is 0 Å². The van der Waals surface area contributed by atoms with E-state index in [1.54, 1.807) is 11.1 Å². The van der Waals surface area contributed by atoms with Crippen molar-refractivity contribution in [2.75, 3.05) is 18.0 Å². The maximum Gasteiger partial charge on any atom is 0.241 e. The van der Waals surface area contributed by atoms with E-state index >= 15 is 0 Å². The first kappa shape index (κ1) is 16.8. The van der Waals surface area contributed by atoms with Gasteiger partial charge in [0, 0.05) is 25.7 Å². The molecule has 2 rings (SSSR count). The Morgan fingerprint density at radius 3 is 2.95 bits per heavy atom.